The highest BCUT2D eigenvalue weighted by Crippen LogP contribution is 2.42. The van der Waals surface area contributed by atoms with Crippen LogP contribution in [0.3, 0.4) is 0 Å². The molecule has 0 amide bonds. The lowest BCUT2D eigenvalue weighted by atomic mass is 10.0. The van der Waals surface area contributed by atoms with Crippen LogP contribution in [-0.4, -0.2) is 55.4 Å². The summed E-state index contributed by atoms with van der Waals surface area (Å²) < 4.78 is 92.6. The van der Waals surface area contributed by atoms with Crippen molar-refractivity contribution in [2.45, 2.75) is 29.9 Å². The third-order valence-electron chi connectivity index (χ3n) is 7.41. The van der Waals surface area contributed by atoms with E-state index in [0.717, 1.165) is 18.3 Å². The van der Waals surface area contributed by atoms with E-state index >= 15 is 4.39 Å². The van der Waals surface area contributed by atoms with Gasteiger partial charge in [-0.2, -0.15) is 4.98 Å². The molecule has 6 rings (SSSR count). The molecule has 15 heteroatoms. The Balaban J connectivity index is 1.51. The molecule has 1 N–H and O–H groups in total. The summed E-state index contributed by atoms with van der Waals surface area (Å²) >= 11 is 0. The quantitative estimate of drug-likeness (QED) is 0.126. The first-order chi connectivity index (χ1) is 24.0. The number of nitrogens with one attached hydrogen (secondary N) is 1. The largest absolute Gasteiger partial charge is 0.480 e. The molecule has 0 radical (unpaired) electrons. The first-order valence-electron chi connectivity index (χ1n) is 15.1. The van der Waals surface area contributed by atoms with Gasteiger partial charge >= 0.3 is 12.0 Å². The molecule has 0 bridgehead atoms. The van der Waals surface area contributed by atoms with Crippen LogP contribution in [0.2, 0.25) is 0 Å². The number of hydrogen-bond donors (Lipinski definition) is 1. The van der Waals surface area contributed by atoms with E-state index in [1.807, 2.05) is 0 Å². The summed E-state index contributed by atoms with van der Waals surface area (Å²) in [6.07, 6.45) is 3.41. The number of fused-ring (bicyclic) bond motifs is 1. The molecule has 0 unspecified atom stereocenters. The van der Waals surface area contributed by atoms with Crippen LogP contribution in [0, 0.1) is 29.3 Å². The highest BCUT2D eigenvalue weighted by molar-refractivity contribution is 7.92. The van der Waals surface area contributed by atoms with Crippen LogP contribution in [0.15, 0.2) is 65.8 Å². The van der Waals surface area contributed by atoms with Gasteiger partial charge in [-0.05, 0) is 49.6 Å². The topological polar surface area (TPSA) is 139 Å². The maximum absolute atomic E-state index is 16.3. The van der Waals surface area contributed by atoms with Gasteiger partial charge in [0.05, 0.1) is 48.2 Å². The molecule has 0 spiro atoms. The number of methoxy groups -OCH3 is 2. The molecule has 5 aromatic rings. The minimum atomic E-state index is -3.96. The first kappa shape index (κ1) is 34.0. The molecule has 1 saturated carbocycles. The second-order valence-electron chi connectivity index (χ2n) is 10.9. The van der Waals surface area contributed by atoms with E-state index < -0.39 is 38.5 Å². The lowest BCUT2D eigenvalue weighted by Gasteiger charge is -2.17. The van der Waals surface area contributed by atoms with Crippen LogP contribution < -0.4 is 19.5 Å². The predicted octanol–water partition coefficient (Wildman–Crippen LogP) is 6.51. The van der Waals surface area contributed by atoms with Gasteiger partial charge in [0, 0.05) is 53.8 Å². The van der Waals surface area contributed by atoms with Gasteiger partial charge < -0.3 is 24.3 Å². The molecule has 50 heavy (non-hydrogen) atoms. The first-order valence-corrected chi connectivity index (χ1v) is 16.6. The second-order valence-corrected chi connectivity index (χ2v) is 13.1. The number of anilines is 2. The fourth-order valence-corrected chi connectivity index (χ4v) is 6.83. The summed E-state index contributed by atoms with van der Waals surface area (Å²) in [5, 5.41) is 2.18. The molecular weight excluding hydrogens is 677 g/mol. The van der Waals surface area contributed by atoms with E-state index in [-0.39, 0.29) is 62.7 Å². The fraction of sp³-hybridized carbons (Fsp3) is 0.200. The van der Waals surface area contributed by atoms with Gasteiger partial charge in [-0.25, -0.2) is 31.4 Å². The predicted molar refractivity (Wildman–Crippen MR) is 176 cm³/mol. The number of aromatic nitrogens is 3. The third-order valence-corrected chi connectivity index (χ3v) is 9.68. The molecule has 2 aromatic heterocycles. The highest BCUT2D eigenvalue weighted by atomic mass is 32.2. The normalized spacial score (nSPS) is 12.5. The Morgan fingerprint density at radius 1 is 0.940 bits per heavy atom. The van der Waals surface area contributed by atoms with Gasteiger partial charge in [-0.3, -0.25) is 4.98 Å². The summed E-state index contributed by atoms with van der Waals surface area (Å²) in [5.74, 6) is 1.48. The van der Waals surface area contributed by atoms with Gasteiger partial charge in [-0.1, -0.05) is 5.92 Å². The molecule has 1 fully saturated rings. The molecule has 2 heterocycles. The van der Waals surface area contributed by atoms with E-state index in [1.165, 1.54) is 50.7 Å². The van der Waals surface area contributed by atoms with Crippen molar-refractivity contribution in [1.29, 1.82) is 0 Å². The van der Waals surface area contributed by atoms with Gasteiger partial charge in [0.1, 0.15) is 33.8 Å². The van der Waals surface area contributed by atoms with E-state index in [9.17, 15) is 22.0 Å². The van der Waals surface area contributed by atoms with Crippen molar-refractivity contribution in [2.24, 2.45) is 0 Å². The van der Waals surface area contributed by atoms with E-state index in [2.05, 4.69) is 32.1 Å². The maximum Gasteiger partial charge on any atom is 0.384 e. The number of carbonyl (C=O) groups is 1. The summed E-state index contributed by atoms with van der Waals surface area (Å²) in [4.78, 5) is 24.3. The monoisotopic (exact) mass is 704 g/mol. The average molecular weight is 705 g/mol. The Bertz CT molecular complexity index is 2300. The molecule has 0 saturated heterocycles. The van der Waals surface area contributed by atoms with Crippen LogP contribution in [0.4, 0.5) is 24.5 Å². The number of sulfone groups is 1. The SMILES string of the molecule is CCOC(=O)C#Cc1cc(Nc2c(S(=O)(=O)C3CC3)cnc3cc(-c4cnc(OC)nc4OC)cc(F)c23)cc(Oc2cc(F)cc(F)c2)c1. The Kier molecular flexibility index (Phi) is 9.47. The Hall–Kier alpha value is -5.88. The minimum Gasteiger partial charge on any atom is -0.480 e. The second kappa shape index (κ2) is 13.9. The standard InChI is InChI=1S/C35H27F3N4O7S/c1-4-48-31(43)8-5-19-9-23(16-24(10-19)49-25-14-21(36)13-22(37)15-25)41-33-30(50(44,45)26-6-7-26)18-39-29-12-20(11-28(38)32(29)33)27-17-40-35(47-3)42-34(27)46-2/h9-18,26H,4,6-7H2,1-3H3,(H,39,41). The molecule has 256 valence electrons. The zero-order valence-electron chi connectivity index (χ0n) is 26.7. The smallest absolute Gasteiger partial charge is 0.384 e. The molecule has 1 aliphatic rings. The van der Waals surface area contributed by atoms with Crippen molar-refractivity contribution in [3.63, 3.8) is 0 Å². The average Bonchev–Trinajstić information content (AvgIpc) is 3.93. The summed E-state index contributed by atoms with van der Waals surface area (Å²) in [6, 6.07) is 9.56. The van der Waals surface area contributed by atoms with Crippen molar-refractivity contribution in [3.05, 3.63) is 83.9 Å². The Morgan fingerprint density at radius 2 is 1.68 bits per heavy atom. The van der Waals surface area contributed by atoms with Crippen molar-refractivity contribution in [3.8, 4) is 46.4 Å². The van der Waals surface area contributed by atoms with Gasteiger partial charge in [0.2, 0.25) is 5.88 Å². The van der Waals surface area contributed by atoms with Crippen molar-refractivity contribution < 1.29 is 45.3 Å². The van der Waals surface area contributed by atoms with Crippen LogP contribution in [-0.2, 0) is 19.4 Å². The molecular formula is C35H27F3N4O7S. The number of benzene rings is 3. The van der Waals surface area contributed by atoms with Gasteiger partial charge in [0.15, 0.2) is 9.84 Å². The number of ether oxygens (including phenoxy) is 4. The molecule has 11 nitrogen and oxygen atoms in total. The Labute approximate surface area is 284 Å². The van der Waals surface area contributed by atoms with Crippen molar-refractivity contribution in [2.75, 3.05) is 26.1 Å². The van der Waals surface area contributed by atoms with Crippen molar-refractivity contribution in [1.82, 2.24) is 15.0 Å². The molecule has 0 aliphatic heterocycles. The minimum absolute atomic E-state index is 0.00693. The summed E-state index contributed by atoms with van der Waals surface area (Å²) in [5.41, 5.74) is 0.890. The van der Waals surface area contributed by atoms with Gasteiger partial charge in [-0.15, -0.1) is 0 Å². The highest BCUT2D eigenvalue weighted by Gasteiger charge is 2.39. The summed E-state index contributed by atoms with van der Waals surface area (Å²) in [7, 11) is -1.20. The van der Waals surface area contributed by atoms with Crippen LogP contribution in [0.1, 0.15) is 25.3 Å². The van der Waals surface area contributed by atoms with Crippen LogP contribution in [0.5, 0.6) is 23.4 Å². The number of rotatable bonds is 10. The molecule has 0 atom stereocenters. The number of nitrogens with zero attached hydrogens (tertiary/aromatic N) is 3. The van der Waals surface area contributed by atoms with Crippen molar-refractivity contribution >= 4 is 38.1 Å². The van der Waals surface area contributed by atoms with E-state index in [4.69, 9.17) is 18.9 Å². The molecule has 3 aromatic carbocycles. The lowest BCUT2D eigenvalue weighted by Crippen LogP contribution is -2.11. The zero-order valence-corrected chi connectivity index (χ0v) is 27.5. The summed E-state index contributed by atoms with van der Waals surface area (Å²) in [6.45, 7) is 1.71. The number of esters is 1. The van der Waals surface area contributed by atoms with Gasteiger partial charge in [0.25, 0.3) is 0 Å². The third kappa shape index (κ3) is 7.25. The number of hydrogen-bond acceptors (Lipinski definition) is 11. The number of pyridine rings is 1. The maximum atomic E-state index is 16.3. The number of halogens is 3. The lowest BCUT2D eigenvalue weighted by molar-refractivity contribution is -0.136. The van der Waals surface area contributed by atoms with Crippen LogP contribution in [0.25, 0.3) is 22.0 Å². The van der Waals surface area contributed by atoms with E-state index in [1.54, 1.807) is 6.92 Å². The Morgan fingerprint density at radius 3 is 2.36 bits per heavy atom. The zero-order chi connectivity index (χ0) is 35.6. The van der Waals surface area contributed by atoms with Crippen LogP contribution >= 0.6 is 0 Å². The number of carbonyl (C=O) groups excluding carboxylic acids is 1. The van der Waals surface area contributed by atoms with E-state index in [0.29, 0.717) is 30.0 Å². The fourth-order valence-electron chi connectivity index (χ4n) is 5.07. The molecule has 1 aliphatic carbocycles.